The lowest BCUT2D eigenvalue weighted by Gasteiger charge is -2.31. The van der Waals surface area contributed by atoms with Crippen LogP contribution in [-0.2, 0) is 11.3 Å². The molecule has 0 aromatic heterocycles. The van der Waals surface area contributed by atoms with E-state index in [1.165, 1.54) is 5.56 Å². The van der Waals surface area contributed by atoms with Gasteiger partial charge in [-0.1, -0.05) is 30.3 Å². The zero-order valence-corrected chi connectivity index (χ0v) is 16.2. The Morgan fingerprint density at radius 1 is 1.04 bits per heavy atom. The summed E-state index contributed by atoms with van der Waals surface area (Å²) in [6, 6.07) is 18.1. The molecule has 1 fully saturated rings. The van der Waals surface area contributed by atoms with Crippen LogP contribution in [-0.4, -0.2) is 44.2 Å². The van der Waals surface area contributed by atoms with Gasteiger partial charge in [0.25, 0.3) is 0 Å². The Hall–Kier alpha value is -2.04. The van der Waals surface area contributed by atoms with Crippen molar-refractivity contribution in [3.05, 3.63) is 65.7 Å². The number of likely N-dealkylation sites (tertiary alicyclic amines) is 1. The van der Waals surface area contributed by atoms with Crippen molar-refractivity contribution >= 4 is 24.1 Å². The highest BCUT2D eigenvalue weighted by atomic mass is 35.5. The second kappa shape index (κ2) is 9.60. The minimum absolute atomic E-state index is 0. The van der Waals surface area contributed by atoms with Gasteiger partial charge in [-0.3, -0.25) is 4.90 Å². The van der Waals surface area contributed by atoms with Crippen LogP contribution in [0.15, 0.2) is 54.6 Å². The van der Waals surface area contributed by atoms with Crippen LogP contribution in [0.5, 0.6) is 0 Å². The number of piperidine rings is 1. The monoisotopic (exact) mass is 374 g/mol. The first-order valence-corrected chi connectivity index (χ1v) is 8.86. The Labute approximate surface area is 162 Å². The predicted molar refractivity (Wildman–Crippen MR) is 108 cm³/mol. The summed E-state index contributed by atoms with van der Waals surface area (Å²) in [5.41, 5.74) is 3.03. The first-order valence-electron chi connectivity index (χ1n) is 8.86. The zero-order chi connectivity index (χ0) is 17.6. The van der Waals surface area contributed by atoms with Crippen molar-refractivity contribution in [3.63, 3.8) is 0 Å². The van der Waals surface area contributed by atoms with Gasteiger partial charge in [0.1, 0.15) is 6.10 Å². The molecule has 1 aliphatic rings. The molecule has 140 valence electrons. The fourth-order valence-corrected chi connectivity index (χ4v) is 3.14. The predicted octanol–water partition coefficient (Wildman–Crippen LogP) is 4.00. The smallest absolute Gasteiger partial charge is 0.338 e. The van der Waals surface area contributed by atoms with Crippen molar-refractivity contribution in [1.29, 1.82) is 0 Å². The van der Waals surface area contributed by atoms with E-state index < -0.39 is 0 Å². The van der Waals surface area contributed by atoms with Crippen LogP contribution in [0, 0.1) is 0 Å². The summed E-state index contributed by atoms with van der Waals surface area (Å²) in [5, 5.41) is 0. The molecule has 1 aliphatic heterocycles. The van der Waals surface area contributed by atoms with Crippen LogP contribution in [0.1, 0.15) is 28.8 Å². The highest BCUT2D eigenvalue weighted by molar-refractivity contribution is 5.90. The van der Waals surface area contributed by atoms with Crippen molar-refractivity contribution in [1.82, 2.24) is 4.90 Å². The molecular formula is C21H27ClN2O2. The van der Waals surface area contributed by atoms with Crippen molar-refractivity contribution in [3.8, 4) is 0 Å². The Balaban J connectivity index is 0.00000243. The molecule has 1 heterocycles. The molecule has 2 aromatic carbocycles. The van der Waals surface area contributed by atoms with Crippen molar-refractivity contribution in [2.24, 2.45) is 0 Å². The maximum Gasteiger partial charge on any atom is 0.338 e. The van der Waals surface area contributed by atoms with Crippen LogP contribution < -0.4 is 4.90 Å². The Kier molecular flexibility index (Phi) is 7.49. The largest absolute Gasteiger partial charge is 0.459 e. The van der Waals surface area contributed by atoms with Crippen molar-refractivity contribution in [2.45, 2.75) is 25.5 Å². The lowest BCUT2D eigenvalue weighted by molar-refractivity contribution is 0.0104. The Bertz CT molecular complexity index is 681. The van der Waals surface area contributed by atoms with Crippen LogP contribution in [0.2, 0.25) is 0 Å². The third-order valence-corrected chi connectivity index (χ3v) is 4.68. The van der Waals surface area contributed by atoms with Gasteiger partial charge in [-0.25, -0.2) is 4.79 Å². The van der Waals surface area contributed by atoms with Gasteiger partial charge in [0.15, 0.2) is 0 Å². The van der Waals surface area contributed by atoms with Gasteiger partial charge in [-0.15, -0.1) is 12.4 Å². The van der Waals surface area contributed by atoms with Gasteiger partial charge in [0, 0.05) is 39.4 Å². The fourth-order valence-electron chi connectivity index (χ4n) is 3.14. The Morgan fingerprint density at radius 2 is 1.65 bits per heavy atom. The van der Waals surface area contributed by atoms with Gasteiger partial charge in [-0.05, 0) is 42.7 Å². The molecule has 0 aliphatic carbocycles. The minimum atomic E-state index is -0.216. The van der Waals surface area contributed by atoms with Crippen molar-refractivity contribution in [2.75, 3.05) is 32.1 Å². The summed E-state index contributed by atoms with van der Waals surface area (Å²) in [4.78, 5) is 16.8. The van der Waals surface area contributed by atoms with Gasteiger partial charge in [0.05, 0.1) is 5.56 Å². The molecule has 0 bridgehead atoms. The first kappa shape index (κ1) is 20.3. The van der Waals surface area contributed by atoms with Crippen LogP contribution in [0.25, 0.3) is 0 Å². The number of nitrogens with zero attached hydrogens (tertiary/aromatic N) is 2. The molecule has 4 nitrogen and oxygen atoms in total. The van der Waals surface area contributed by atoms with E-state index in [0.717, 1.165) is 38.2 Å². The minimum Gasteiger partial charge on any atom is -0.459 e. The summed E-state index contributed by atoms with van der Waals surface area (Å²) < 4.78 is 5.70. The van der Waals surface area contributed by atoms with E-state index in [0.29, 0.717) is 5.56 Å². The third kappa shape index (κ3) is 5.48. The van der Waals surface area contributed by atoms with E-state index in [-0.39, 0.29) is 24.5 Å². The lowest BCUT2D eigenvalue weighted by atomic mass is 10.1. The third-order valence-electron chi connectivity index (χ3n) is 4.68. The van der Waals surface area contributed by atoms with E-state index in [1.54, 1.807) is 0 Å². The highest BCUT2D eigenvalue weighted by Gasteiger charge is 2.22. The number of hydrogen-bond donors (Lipinski definition) is 0. The van der Waals surface area contributed by atoms with Crippen LogP contribution >= 0.6 is 12.4 Å². The second-order valence-corrected chi connectivity index (χ2v) is 6.81. The normalized spacial score (nSPS) is 15.2. The molecule has 0 N–H and O–H groups in total. The molecular weight excluding hydrogens is 348 g/mol. The number of halogens is 1. The topological polar surface area (TPSA) is 32.8 Å². The summed E-state index contributed by atoms with van der Waals surface area (Å²) >= 11 is 0. The van der Waals surface area contributed by atoms with Gasteiger partial charge < -0.3 is 9.64 Å². The molecule has 0 atom stereocenters. The van der Waals surface area contributed by atoms with Crippen molar-refractivity contribution < 1.29 is 9.53 Å². The number of anilines is 1. The second-order valence-electron chi connectivity index (χ2n) is 6.81. The fraction of sp³-hybridized carbons (Fsp3) is 0.381. The summed E-state index contributed by atoms with van der Waals surface area (Å²) in [6.45, 7) is 2.90. The standard InChI is InChI=1S/C21H26N2O2.ClH/c1-22(2)19-10-8-18(9-11-19)21(24)25-20-12-14-23(15-13-20)16-17-6-4-3-5-7-17;/h3-11,20H,12-16H2,1-2H3;1H. The molecule has 26 heavy (non-hydrogen) atoms. The van der Waals surface area contributed by atoms with Gasteiger partial charge >= 0.3 is 5.97 Å². The summed E-state index contributed by atoms with van der Waals surface area (Å²) in [6.07, 6.45) is 1.82. The summed E-state index contributed by atoms with van der Waals surface area (Å²) in [7, 11) is 3.97. The zero-order valence-electron chi connectivity index (χ0n) is 15.4. The average molecular weight is 375 g/mol. The summed E-state index contributed by atoms with van der Waals surface area (Å²) in [5.74, 6) is -0.216. The number of carbonyl (C=O) groups excluding carboxylic acids is 1. The number of ether oxygens (including phenoxy) is 1. The quantitative estimate of drug-likeness (QED) is 0.741. The number of esters is 1. The molecule has 0 spiro atoms. The number of benzene rings is 2. The maximum atomic E-state index is 12.3. The number of hydrogen-bond acceptors (Lipinski definition) is 4. The molecule has 0 unspecified atom stereocenters. The van der Waals surface area contributed by atoms with E-state index in [9.17, 15) is 4.79 Å². The number of carbonyl (C=O) groups is 1. The Morgan fingerprint density at radius 3 is 2.23 bits per heavy atom. The highest BCUT2D eigenvalue weighted by Crippen LogP contribution is 2.19. The van der Waals surface area contributed by atoms with Gasteiger partial charge in [-0.2, -0.15) is 0 Å². The molecule has 2 aromatic rings. The van der Waals surface area contributed by atoms with E-state index in [4.69, 9.17) is 4.74 Å². The van der Waals surface area contributed by atoms with Crippen LogP contribution in [0.3, 0.4) is 0 Å². The van der Waals surface area contributed by atoms with E-state index >= 15 is 0 Å². The molecule has 1 saturated heterocycles. The molecule has 0 radical (unpaired) electrons. The van der Waals surface area contributed by atoms with Gasteiger partial charge in [0.2, 0.25) is 0 Å². The molecule has 0 saturated carbocycles. The van der Waals surface area contributed by atoms with E-state index in [1.807, 2.05) is 49.3 Å². The SMILES string of the molecule is CN(C)c1ccc(C(=O)OC2CCN(Cc3ccccc3)CC2)cc1.Cl. The lowest BCUT2D eigenvalue weighted by Crippen LogP contribution is -2.37. The van der Waals surface area contributed by atoms with Crippen LogP contribution in [0.4, 0.5) is 5.69 Å². The van der Waals surface area contributed by atoms with E-state index in [2.05, 4.69) is 29.2 Å². The average Bonchev–Trinajstić information content (AvgIpc) is 2.64. The molecule has 5 heteroatoms. The maximum absolute atomic E-state index is 12.3. The molecule has 0 amide bonds. The first-order chi connectivity index (χ1) is 12.1. The number of rotatable bonds is 5. The molecule has 3 rings (SSSR count).